The Morgan fingerprint density at radius 1 is 0.860 bits per heavy atom. The lowest BCUT2D eigenvalue weighted by molar-refractivity contribution is -0.114. The van der Waals surface area contributed by atoms with Gasteiger partial charge in [0.2, 0.25) is 11.5 Å². The molecule has 0 fully saturated rings. The number of hydrogen-bond acceptors (Lipinski definition) is 10. The smallest absolute Gasteiger partial charge is 0.224 e. The molecule has 43 heavy (non-hydrogen) atoms. The van der Waals surface area contributed by atoms with E-state index in [0.29, 0.717) is 50.5 Å². The number of aromatic hydroxyl groups is 2. The zero-order valence-electron chi connectivity index (χ0n) is 23.1. The largest absolute Gasteiger partial charge is 0.504 e. The standard InChI is InChI=1S/C17H14O4.C16H12O6/c1-19-12-5-3-4-11(8-12)16-10-15(18)14-7-6-13(20-2)9-17(14)21-16;17-10-2-1-8-13-9-4-12(19)11(18)3-7(9)5-16(13,21)6-22-15(8)14(10)20/h3-10H,1-2H3;1-4,18-21H,5-6H2. The Hall–Kier alpha value is -5.48. The van der Waals surface area contributed by atoms with E-state index in [4.69, 9.17) is 18.6 Å². The number of ether oxygens (including phenoxy) is 3. The van der Waals surface area contributed by atoms with Crippen LogP contribution in [0.2, 0.25) is 0 Å². The van der Waals surface area contributed by atoms with Gasteiger partial charge in [0.1, 0.15) is 35.1 Å². The highest BCUT2D eigenvalue weighted by Gasteiger charge is 2.47. The van der Waals surface area contributed by atoms with E-state index >= 15 is 0 Å². The Morgan fingerprint density at radius 2 is 1.60 bits per heavy atom. The predicted molar refractivity (Wildman–Crippen MR) is 156 cm³/mol. The Balaban J connectivity index is 0.000000153. The van der Waals surface area contributed by atoms with Crippen molar-refractivity contribution in [1.29, 1.82) is 0 Å². The molecule has 218 valence electrons. The van der Waals surface area contributed by atoms with Crippen LogP contribution in [-0.2, 0) is 16.0 Å². The topological polar surface area (TPSA) is 156 Å². The van der Waals surface area contributed by atoms with Crippen LogP contribution in [0.3, 0.4) is 0 Å². The van der Waals surface area contributed by atoms with Gasteiger partial charge in [-0.05, 0) is 59.7 Å². The van der Waals surface area contributed by atoms with Gasteiger partial charge in [-0.1, -0.05) is 12.1 Å². The number of phenolic OH excluding ortho intramolecular Hbond substituents is 2. The summed E-state index contributed by atoms with van der Waals surface area (Å²) in [6.45, 7) is -0.122. The first kappa shape index (κ1) is 27.7. The van der Waals surface area contributed by atoms with Gasteiger partial charge in [0.15, 0.2) is 22.7 Å². The third kappa shape index (κ3) is 4.77. The molecule has 0 bridgehead atoms. The molecule has 1 aliphatic heterocycles. The molecule has 0 radical (unpaired) electrons. The molecule has 7 rings (SSSR count). The van der Waals surface area contributed by atoms with Gasteiger partial charge in [0, 0.05) is 35.3 Å². The molecule has 3 aliphatic rings. The molecule has 1 atom stereocenters. The van der Waals surface area contributed by atoms with Gasteiger partial charge in [0.05, 0.1) is 19.6 Å². The molecule has 1 aromatic heterocycles. The second-order valence-corrected chi connectivity index (χ2v) is 10.2. The number of allylic oxidation sites excluding steroid dienone is 2. The summed E-state index contributed by atoms with van der Waals surface area (Å²) >= 11 is 0. The van der Waals surface area contributed by atoms with Gasteiger partial charge < -0.3 is 39.1 Å². The van der Waals surface area contributed by atoms with E-state index < -0.39 is 17.1 Å². The van der Waals surface area contributed by atoms with Crippen molar-refractivity contribution in [2.45, 2.75) is 12.0 Å². The van der Waals surface area contributed by atoms with Crippen molar-refractivity contribution in [2.24, 2.45) is 0 Å². The Kier molecular flexibility index (Phi) is 6.70. The van der Waals surface area contributed by atoms with Gasteiger partial charge in [0.25, 0.3) is 0 Å². The van der Waals surface area contributed by atoms with Gasteiger partial charge in [-0.15, -0.1) is 0 Å². The fourth-order valence-corrected chi connectivity index (χ4v) is 5.44. The SMILES string of the molecule is COc1cccc(-c2cc(=O)c3ccc(OC)cc3o2)c1.O=C1C=CC2=C3c4cc(O)c(O)cc4CC3(O)COC2=C1O. The van der Waals surface area contributed by atoms with E-state index in [-0.39, 0.29) is 35.7 Å². The quantitative estimate of drug-likeness (QED) is 0.253. The average molecular weight is 583 g/mol. The van der Waals surface area contributed by atoms with Crippen LogP contribution in [0.1, 0.15) is 11.1 Å². The first-order valence-electron chi connectivity index (χ1n) is 13.2. The lowest BCUT2D eigenvalue weighted by Crippen LogP contribution is -2.39. The maximum Gasteiger partial charge on any atom is 0.224 e. The van der Waals surface area contributed by atoms with E-state index in [1.165, 1.54) is 30.4 Å². The normalized spacial score (nSPS) is 18.3. The van der Waals surface area contributed by atoms with Crippen LogP contribution in [0.15, 0.2) is 99.1 Å². The molecule has 4 N–H and O–H groups in total. The third-order valence-electron chi connectivity index (χ3n) is 7.53. The molecule has 0 amide bonds. The van der Waals surface area contributed by atoms with Gasteiger partial charge in [-0.3, -0.25) is 9.59 Å². The van der Waals surface area contributed by atoms with Crippen molar-refractivity contribution in [2.75, 3.05) is 20.8 Å². The molecule has 10 heteroatoms. The molecular formula is C33H26O10. The van der Waals surface area contributed by atoms with Crippen LogP contribution in [0.25, 0.3) is 27.9 Å². The van der Waals surface area contributed by atoms with Crippen LogP contribution < -0.4 is 14.9 Å². The summed E-state index contributed by atoms with van der Waals surface area (Å²) in [6.07, 6.45) is 2.90. The summed E-state index contributed by atoms with van der Waals surface area (Å²) in [5.74, 6) is 0.273. The highest BCUT2D eigenvalue weighted by molar-refractivity contribution is 6.06. The zero-order valence-corrected chi connectivity index (χ0v) is 23.1. The fourth-order valence-electron chi connectivity index (χ4n) is 5.44. The second-order valence-electron chi connectivity index (χ2n) is 10.2. The van der Waals surface area contributed by atoms with Crippen molar-refractivity contribution in [3.8, 4) is 34.3 Å². The highest BCUT2D eigenvalue weighted by atomic mass is 16.5. The predicted octanol–water partition coefficient (Wildman–Crippen LogP) is 4.55. The second kappa shape index (κ2) is 10.4. The molecule has 10 nitrogen and oxygen atoms in total. The first-order chi connectivity index (χ1) is 20.6. The molecule has 0 saturated heterocycles. The Morgan fingerprint density at radius 3 is 2.37 bits per heavy atom. The van der Waals surface area contributed by atoms with Crippen LogP contribution in [0.5, 0.6) is 23.0 Å². The Bertz CT molecular complexity index is 1960. The van der Waals surface area contributed by atoms with Crippen molar-refractivity contribution in [3.05, 3.63) is 111 Å². The molecule has 2 heterocycles. The van der Waals surface area contributed by atoms with Crippen LogP contribution in [0.4, 0.5) is 0 Å². The van der Waals surface area contributed by atoms with E-state index in [1.54, 1.807) is 32.4 Å². The van der Waals surface area contributed by atoms with E-state index in [1.807, 2.05) is 24.3 Å². The number of carbonyl (C=O) groups is 1. The third-order valence-corrected chi connectivity index (χ3v) is 7.53. The van der Waals surface area contributed by atoms with Gasteiger partial charge in [-0.25, -0.2) is 0 Å². The number of rotatable bonds is 3. The number of aliphatic hydroxyl groups is 2. The number of methoxy groups -OCH3 is 2. The lowest BCUT2D eigenvalue weighted by atomic mass is 9.85. The molecule has 4 aromatic rings. The van der Waals surface area contributed by atoms with E-state index in [0.717, 1.165) is 5.56 Å². The molecule has 0 spiro atoms. The van der Waals surface area contributed by atoms with Gasteiger partial charge >= 0.3 is 0 Å². The summed E-state index contributed by atoms with van der Waals surface area (Å²) in [6, 6.07) is 16.8. The monoisotopic (exact) mass is 582 g/mol. The minimum atomic E-state index is -1.33. The van der Waals surface area contributed by atoms with Crippen molar-refractivity contribution >= 4 is 22.3 Å². The van der Waals surface area contributed by atoms with Crippen LogP contribution in [-0.4, -0.2) is 52.6 Å². The number of fused-ring (bicyclic) bond motifs is 5. The fraction of sp³-hybridized carbons (Fsp3) is 0.152. The number of hydrogen-bond donors (Lipinski definition) is 4. The van der Waals surface area contributed by atoms with Crippen LogP contribution >= 0.6 is 0 Å². The number of ketones is 1. The summed E-state index contributed by atoms with van der Waals surface area (Å²) in [5.41, 5.74) is 2.00. The van der Waals surface area contributed by atoms with Crippen molar-refractivity contribution < 1.29 is 43.8 Å². The molecule has 3 aromatic carbocycles. The molecular weight excluding hydrogens is 556 g/mol. The minimum Gasteiger partial charge on any atom is -0.504 e. The van der Waals surface area contributed by atoms with E-state index in [9.17, 15) is 30.0 Å². The zero-order chi connectivity index (χ0) is 30.5. The van der Waals surface area contributed by atoms with E-state index in [2.05, 4.69) is 0 Å². The average Bonchev–Trinajstić information content (AvgIpc) is 3.30. The van der Waals surface area contributed by atoms with Gasteiger partial charge in [-0.2, -0.15) is 0 Å². The minimum absolute atomic E-state index is 0.0348. The number of carbonyl (C=O) groups excluding carboxylic acids is 1. The first-order valence-corrected chi connectivity index (χ1v) is 13.2. The molecule has 1 unspecified atom stereocenters. The highest BCUT2D eigenvalue weighted by Crippen LogP contribution is 2.50. The molecule has 2 aliphatic carbocycles. The summed E-state index contributed by atoms with van der Waals surface area (Å²) in [4.78, 5) is 23.7. The summed E-state index contributed by atoms with van der Waals surface area (Å²) in [5, 5.41) is 40.6. The van der Waals surface area contributed by atoms with Crippen molar-refractivity contribution in [1.82, 2.24) is 0 Å². The maximum absolute atomic E-state index is 12.2. The van der Waals surface area contributed by atoms with Crippen LogP contribution in [0, 0.1) is 0 Å². The maximum atomic E-state index is 12.2. The van der Waals surface area contributed by atoms with Crippen molar-refractivity contribution in [3.63, 3.8) is 0 Å². The number of aliphatic hydroxyl groups excluding tert-OH is 1. The number of benzene rings is 3. The summed E-state index contributed by atoms with van der Waals surface area (Å²) in [7, 11) is 3.17. The lowest BCUT2D eigenvalue weighted by Gasteiger charge is -2.33. The Labute approximate surface area is 244 Å². The number of phenols is 2. The summed E-state index contributed by atoms with van der Waals surface area (Å²) < 4.78 is 21.6. The molecule has 0 saturated carbocycles.